The first-order valence-electron chi connectivity index (χ1n) is 16.1. The molecule has 2 aliphatic rings. The molecule has 0 spiro atoms. The molecule has 7 aromatic carbocycles. The Hall–Kier alpha value is -5.51. The Morgan fingerprint density at radius 1 is 0.426 bits per heavy atom. The van der Waals surface area contributed by atoms with E-state index in [4.69, 9.17) is 4.74 Å². The second-order valence-electron chi connectivity index (χ2n) is 12.9. The van der Waals surface area contributed by atoms with Crippen molar-refractivity contribution in [3.8, 4) is 61.7 Å². The van der Waals surface area contributed by atoms with Gasteiger partial charge in [-0.2, -0.15) is 10.0 Å². The van der Waals surface area contributed by atoms with Gasteiger partial charge in [-0.1, -0.05) is 91.0 Å². The summed E-state index contributed by atoms with van der Waals surface area (Å²) < 4.78 is 8.99. The van der Waals surface area contributed by atoms with Gasteiger partial charge in [0.2, 0.25) is 0 Å². The van der Waals surface area contributed by atoms with Gasteiger partial charge in [0.25, 0.3) is 0 Å². The van der Waals surface area contributed by atoms with Crippen LogP contribution in [0.1, 0.15) is 0 Å². The normalized spacial score (nSPS) is 14.3. The van der Waals surface area contributed by atoms with Gasteiger partial charge in [0.1, 0.15) is 11.5 Å². The van der Waals surface area contributed by atoms with Crippen molar-refractivity contribution in [1.29, 1.82) is 0 Å². The zero-order valence-corrected chi connectivity index (χ0v) is 27.0. The number of nitrogens with zero attached hydrogens (tertiary/aromatic N) is 1. The van der Waals surface area contributed by atoms with Gasteiger partial charge >= 0.3 is 0 Å². The van der Waals surface area contributed by atoms with E-state index in [-0.39, 0.29) is 0 Å². The highest BCUT2D eigenvalue weighted by atomic mass is 32.3. The molecule has 0 fully saturated rings. The Morgan fingerprint density at radius 3 is 1.87 bits per heavy atom. The van der Waals surface area contributed by atoms with Crippen LogP contribution in [0, 0.1) is 0 Å². The molecular weight excluding hydrogens is 591 g/mol. The van der Waals surface area contributed by atoms with E-state index in [1.807, 2.05) is 6.07 Å². The van der Waals surface area contributed by atoms with Crippen molar-refractivity contribution in [2.24, 2.45) is 0 Å². The van der Waals surface area contributed by atoms with Crippen LogP contribution in [-0.4, -0.2) is 17.1 Å². The number of para-hydroxylation sites is 2. The van der Waals surface area contributed by atoms with Crippen LogP contribution in [0.2, 0.25) is 0 Å². The Labute approximate surface area is 275 Å². The van der Waals surface area contributed by atoms with Gasteiger partial charge in [-0.3, -0.25) is 0 Å². The summed E-state index contributed by atoms with van der Waals surface area (Å²) in [5.74, 6) is 1.77. The first-order chi connectivity index (χ1) is 23.1. The van der Waals surface area contributed by atoms with E-state index in [1.54, 1.807) is 0 Å². The van der Waals surface area contributed by atoms with E-state index < -0.39 is 10.0 Å². The average Bonchev–Trinajstić information content (AvgIpc) is 3.49. The van der Waals surface area contributed by atoms with Gasteiger partial charge in [-0.05, 0) is 107 Å². The van der Waals surface area contributed by atoms with Crippen LogP contribution in [0.5, 0.6) is 11.5 Å². The maximum atomic E-state index is 6.54. The summed E-state index contributed by atoms with van der Waals surface area (Å²) in [6, 6.07) is 55.3. The fraction of sp³-hybridized carbons (Fsp3) is 0.0455. The highest BCUT2D eigenvalue weighted by Gasteiger charge is 2.33. The molecule has 1 aromatic heterocycles. The fourth-order valence-electron chi connectivity index (χ4n) is 7.82. The van der Waals surface area contributed by atoms with Gasteiger partial charge in [-0.25, -0.2) is 0 Å². The molecule has 2 nitrogen and oxygen atoms in total. The zero-order valence-electron chi connectivity index (χ0n) is 26.2. The van der Waals surface area contributed by atoms with Crippen molar-refractivity contribution in [3.05, 3.63) is 152 Å². The second-order valence-corrected chi connectivity index (χ2v) is 16.5. The first kappa shape index (κ1) is 26.7. The lowest BCUT2D eigenvalue weighted by atomic mass is 9.92. The molecule has 47 heavy (non-hydrogen) atoms. The van der Waals surface area contributed by atoms with Gasteiger partial charge in [0.15, 0.2) is 0 Å². The number of aromatic nitrogens is 1. The third-order valence-corrected chi connectivity index (χ3v) is 13.0. The van der Waals surface area contributed by atoms with Crippen LogP contribution >= 0.6 is 10.0 Å². The monoisotopic (exact) mass is 621 g/mol. The van der Waals surface area contributed by atoms with E-state index in [1.165, 1.54) is 70.7 Å². The summed E-state index contributed by atoms with van der Waals surface area (Å²) in [5, 5.41) is 2.55. The van der Waals surface area contributed by atoms with Crippen molar-refractivity contribution < 1.29 is 4.74 Å². The summed E-state index contributed by atoms with van der Waals surface area (Å²) in [5.41, 5.74) is 13.4. The molecule has 8 aromatic rings. The zero-order chi connectivity index (χ0) is 31.3. The molecule has 0 bridgehead atoms. The van der Waals surface area contributed by atoms with Crippen LogP contribution in [0.3, 0.4) is 0 Å². The number of rotatable bonds is 2. The maximum absolute atomic E-state index is 6.54. The van der Waals surface area contributed by atoms with Crippen molar-refractivity contribution in [2.45, 2.75) is 9.79 Å². The smallest absolute Gasteiger partial charge is 0.135 e. The molecule has 2 aliphatic heterocycles. The molecule has 0 aliphatic carbocycles. The molecule has 0 radical (unpaired) electrons. The molecule has 10 rings (SSSR count). The molecule has 0 amide bonds. The first-order valence-corrected chi connectivity index (χ1v) is 18.5. The topological polar surface area (TPSA) is 14.2 Å². The molecule has 3 heteroatoms. The summed E-state index contributed by atoms with van der Waals surface area (Å²) >= 11 is 0. The number of hydrogen-bond acceptors (Lipinski definition) is 1. The van der Waals surface area contributed by atoms with E-state index >= 15 is 0 Å². The van der Waals surface area contributed by atoms with E-state index in [0.717, 1.165) is 22.6 Å². The standard InChI is InChI=1S/C44H31NOS/c1-47(2)43-19-11-9-17-34(43)38-26-36-35-24-28(20-22-39(35)45(40(36)27-44(38)47)30-12-4-3-5-13-30)29-21-23-42-37(25-29)32-15-7-6-14-31(32)33-16-8-10-18-41(33)46-42/h3-27H,1-2H3. The van der Waals surface area contributed by atoms with Gasteiger partial charge < -0.3 is 9.30 Å². The Kier molecular flexibility index (Phi) is 5.53. The lowest BCUT2D eigenvalue weighted by Gasteiger charge is -2.28. The second kappa shape index (κ2) is 9.75. The Morgan fingerprint density at radius 2 is 1.04 bits per heavy atom. The van der Waals surface area contributed by atoms with Crippen molar-refractivity contribution in [2.75, 3.05) is 12.5 Å². The van der Waals surface area contributed by atoms with Crippen LogP contribution < -0.4 is 4.74 Å². The number of ether oxygens (including phenoxy) is 1. The SMILES string of the molecule is CS1(C)c2ccccc2-c2cc3c4cc(-c5ccc6c(c5)-c5ccccc5-c5ccccc5O6)ccc4n(-c4ccccc4)c3cc21. The summed E-state index contributed by atoms with van der Waals surface area (Å²) in [7, 11) is -1.13. The van der Waals surface area contributed by atoms with Gasteiger partial charge in [-0.15, -0.1) is 0 Å². The van der Waals surface area contributed by atoms with Gasteiger partial charge in [0, 0.05) is 37.4 Å². The predicted octanol–water partition coefficient (Wildman–Crippen LogP) is 12.4. The molecular formula is C44H31NOS. The highest BCUT2D eigenvalue weighted by molar-refractivity contribution is 8.33. The minimum atomic E-state index is -1.13. The summed E-state index contributed by atoms with van der Waals surface area (Å²) in [6.07, 6.45) is 4.88. The molecule has 0 N–H and O–H groups in total. The molecule has 0 saturated carbocycles. The third kappa shape index (κ3) is 3.81. The number of hydrogen-bond donors (Lipinski definition) is 0. The maximum Gasteiger partial charge on any atom is 0.135 e. The van der Waals surface area contributed by atoms with E-state index in [9.17, 15) is 0 Å². The number of fused-ring (bicyclic) bond motifs is 11. The summed E-state index contributed by atoms with van der Waals surface area (Å²) in [6.45, 7) is 0. The molecule has 0 saturated heterocycles. The third-order valence-electron chi connectivity index (χ3n) is 10.1. The Balaban J connectivity index is 1.21. The minimum Gasteiger partial charge on any atom is -0.456 e. The van der Waals surface area contributed by atoms with Crippen molar-refractivity contribution in [3.63, 3.8) is 0 Å². The Bertz CT molecular complexity index is 2580. The summed E-state index contributed by atoms with van der Waals surface area (Å²) in [4.78, 5) is 2.95. The van der Waals surface area contributed by atoms with Crippen LogP contribution in [-0.2, 0) is 0 Å². The predicted molar refractivity (Wildman–Crippen MR) is 199 cm³/mol. The van der Waals surface area contributed by atoms with Crippen LogP contribution in [0.25, 0.3) is 72.0 Å². The quantitative estimate of drug-likeness (QED) is 0.187. The van der Waals surface area contributed by atoms with Crippen molar-refractivity contribution in [1.82, 2.24) is 4.57 Å². The van der Waals surface area contributed by atoms with Crippen LogP contribution in [0.15, 0.2) is 161 Å². The van der Waals surface area contributed by atoms with E-state index in [0.29, 0.717) is 0 Å². The largest absolute Gasteiger partial charge is 0.456 e. The molecule has 0 atom stereocenters. The molecule has 0 unspecified atom stereocenters. The molecule has 3 heterocycles. The minimum absolute atomic E-state index is 0.882. The average molecular weight is 622 g/mol. The highest BCUT2D eigenvalue weighted by Crippen LogP contribution is 2.68. The lowest BCUT2D eigenvalue weighted by molar-refractivity contribution is 0.488. The van der Waals surface area contributed by atoms with Gasteiger partial charge in [0.05, 0.1) is 11.0 Å². The van der Waals surface area contributed by atoms with E-state index in [2.05, 4.69) is 163 Å². The number of benzene rings is 7. The van der Waals surface area contributed by atoms with Crippen molar-refractivity contribution >= 4 is 31.8 Å². The molecule has 224 valence electrons. The van der Waals surface area contributed by atoms with Crippen LogP contribution in [0.4, 0.5) is 0 Å². The lowest BCUT2D eigenvalue weighted by Crippen LogP contribution is -1.96. The fourth-order valence-corrected chi connectivity index (χ4v) is 10.3.